The molecule has 17 heavy (non-hydrogen) atoms. The molecule has 0 bridgehead atoms. The predicted molar refractivity (Wildman–Crippen MR) is 58.4 cm³/mol. The van der Waals surface area contributed by atoms with Gasteiger partial charge in [-0.3, -0.25) is 4.79 Å². The molecule has 0 saturated carbocycles. The van der Waals surface area contributed by atoms with Gasteiger partial charge in [0.05, 0.1) is 6.54 Å². The van der Waals surface area contributed by atoms with E-state index in [0.717, 1.165) is 0 Å². The number of hydrogen-bond donors (Lipinski definition) is 3. The van der Waals surface area contributed by atoms with Crippen LogP contribution in [0.15, 0.2) is 30.3 Å². The fraction of sp³-hybridized carbons (Fsp3) is 0.364. The van der Waals surface area contributed by atoms with E-state index in [2.05, 4.69) is 5.32 Å². The van der Waals surface area contributed by atoms with Crippen LogP contribution in [0.2, 0.25) is 0 Å². The van der Waals surface area contributed by atoms with Crippen LogP contribution in [0.1, 0.15) is 5.56 Å². The molecule has 94 valence electrons. The molecule has 0 aliphatic carbocycles. The summed E-state index contributed by atoms with van der Waals surface area (Å²) in [6.07, 6.45) is -1.46. The maximum atomic E-state index is 13.5. The second kappa shape index (κ2) is 5.70. The Bertz CT molecular complexity index is 371. The number of nitrogens with two attached hydrogens (primary N) is 1. The van der Waals surface area contributed by atoms with Crippen LogP contribution >= 0.6 is 0 Å². The molecule has 6 heteroatoms. The molecule has 1 unspecified atom stereocenters. The van der Waals surface area contributed by atoms with Gasteiger partial charge in [-0.05, 0) is 0 Å². The van der Waals surface area contributed by atoms with E-state index in [9.17, 15) is 13.6 Å². The number of aliphatic hydroxyl groups is 1. The summed E-state index contributed by atoms with van der Waals surface area (Å²) in [4.78, 5) is 10.5. The van der Waals surface area contributed by atoms with E-state index in [-0.39, 0.29) is 12.1 Å². The Kier molecular flexibility index (Phi) is 4.53. The number of rotatable bonds is 6. The number of alkyl halides is 2. The summed E-state index contributed by atoms with van der Waals surface area (Å²) in [7, 11) is 0. The molecule has 1 rings (SSSR count). The third kappa shape index (κ3) is 4.08. The van der Waals surface area contributed by atoms with Crippen LogP contribution in [0.3, 0.4) is 0 Å². The van der Waals surface area contributed by atoms with E-state index >= 15 is 0 Å². The minimum Gasteiger partial charge on any atom is -0.382 e. The number of halogens is 2. The molecule has 4 nitrogen and oxygen atoms in total. The Morgan fingerprint density at radius 3 is 2.53 bits per heavy atom. The molecule has 0 heterocycles. The highest BCUT2D eigenvalue weighted by molar-refractivity contribution is 5.78. The van der Waals surface area contributed by atoms with Gasteiger partial charge < -0.3 is 16.2 Å². The van der Waals surface area contributed by atoms with Crippen LogP contribution in [0.25, 0.3) is 0 Å². The van der Waals surface area contributed by atoms with E-state index in [1.165, 1.54) is 24.3 Å². The van der Waals surface area contributed by atoms with Crippen LogP contribution in [0, 0.1) is 0 Å². The van der Waals surface area contributed by atoms with Crippen LogP contribution < -0.4 is 11.1 Å². The lowest BCUT2D eigenvalue weighted by Gasteiger charge is -2.18. The molecule has 1 atom stereocenters. The molecule has 0 fully saturated rings. The quantitative estimate of drug-likeness (QED) is 0.669. The first-order chi connectivity index (χ1) is 7.93. The normalized spacial score (nSPS) is 13.4. The Balaban J connectivity index is 2.48. The number of carbonyl (C=O) groups is 1. The van der Waals surface area contributed by atoms with Gasteiger partial charge in [0.15, 0.2) is 0 Å². The second-order valence-electron chi connectivity index (χ2n) is 3.62. The number of benzene rings is 1. The minimum absolute atomic E-state index is 0.124. The number of amides is 1. The number of nitrogens with one attached hydrogen (secondary N) is 1. The van der Waals surface area contributed by atoms with E-state index in [0.29, 0.717) is 0 Å². The summed E-state index contributed by atoms with van der Waals surface area (Å²) in [5, 5.41) is 11.3. The Hall–Kier alpha value is -1.53. The zero-order valence-electron chi connectivity index (χ0n) is 9.07. The number of hydrogen-bond acceptors (Lipinski definition) is 3. The van der Waals surface area contributed by atoms with Crippen molar-refractivity contribution in [2.24, 2.45) is 5.73 Å². The third-order valence-corrected chi connectivity index (χ3v) is 2.21. The molecule has 1 amide bonds. The molecule has 0 saturated heterocycles. The van der Waals surface area contributed by atoms with Crippen LogP contribution in [0.5, 0.6) is 0 Å². The SMILES string of the molecule is NC(=O)C(O)CNCC(F)(F)c1ccccc1. The standard InChI is InChI=1S/C11H14F2N2O2/c12-11(13,8-4-2-1-3-5-8)7-15-6-9(16)10(14)17/h1-5,9,15-16H,6-7H2,(H2,14,17). The van der Waals surface area contributed by atoms with Gasteiger partial charge in [0.2, 0.25) is 5.91 Å². The van der Waals surface area contributed by atoms with Crippen molar-refractivity contribution in [3.05, 3.63) is 35.9 Å². The van der Waals surface area contributed by atoms with Crippen molar-refractivity contribution in [3.8, 4) is 0 Å². The fourth-order valence-corrected chi connectivity index (χ4v) is 1.25. The Morgan fingerprint density at radius 2 is 2.00 bits per heavy atom. The predicted octanol–water partition coefficient (Wildman–Crippen LogP) is 0.214. The molecule has 0 aliphatic rings. The number of carbonyl (C=O) groups excluding carboxylic acids is 1. The van der Waals surface area contributed by atoms with Crippen LogP contribution in [0.4, 0.5) is 8.78 Å². The van der Waals surface area contributed by atoms with Crippen molar-refractivity contribution in [2.75, 3.05) is 13.1 Å². The molecule has 1 aromatic rings. The lowest BCUT2D eigenvalue weighted by molar-refractivity contribution is -0.126. The number of aliphatic hydroxyl groups excluding tert-OH is 1. The monoisotopic (exact) mass is 244 g/mol. The van der Waals surface area contributed by atoms with Crippen molar-refractivity contribution in [3.63, 3.8) is 0 Å². The maximum Gasteiger partial charge on any atom is 0.285 e. The molecule has 0 radical (unpaired) electrons. The Labute approximate surface area is 97.4 Å². The van der Waals surface area contributed by atoms with Gasteiger partial charge in [0.25, 0.3) is 5.92 Å². The summed E-state index contributed by atoms with van der Waals surface area (Å²) < 4.78 is 27.1. The van der Waals surface area contributed by atoms with E-state index in [4.69, 9.17) is 10.8 Å². The van der Waals surface area contributed by atoms with Gasteiger partial charge in [-0.2, -0.15) is 8.78 Å². The molecule has 0 aromatic heterocycles. The minimum atomic E-state index is -3.06. The zero-order valence-corrected chi connectivity index (χ0v) is 9.07. The lowest BCUT2D eigenvalue weighted by Crippen LogP contribution is -2.41. The van der Waals surface area contributed by atoms with Crippen LogP contribution in [-0.4, -0.2) is 30.2 Å². The third-order valence-electron chi connectivity index (χ3n) is 2.21. The van der Waals surface area contributed by atoms with Gasteiger partial charge in [0.1, 0.15) is 6.10 Å². The molecular formula is C11H14F2N2O2. The molecule has 0 spiro atoms. The van der Waals surface area contributed by atoms with Crippen molar-refractivity contribution in [2.45, 2.75) is 12.0 Å². The van der Waals surface area contributed by atoms with Crippen molar-refractivity contribution >= 4 is 5.91 Å². The Morgan fingerprint density at radius 1 is 1.41 bits per heavy atom. The summed E-state index contributed by atoms with van der Waals surface area (Å²) in [5.74, 6) is -4.00. The largest absolute Gasteiger partial charge is 0.382 e. The smallest absolute Gasteiger partial charge is 0.285 e. The molecule has 4 N–H and O–H groups in total. The van der Waals surface area contributed by atoms with Gasteiger partial charge in [-0.15, -0.1) is 0 Å². The second-order valence-corrected chi connectivity index (χ2v) is 3.62. The summed E-state index contributed by atoms with van der Waals surface area (Å²) in [5.41, 5.74) is 4.66. The highest BCUT2D eigenvalue weighted by atomic mass is 19.3. The first-order valence-electron chi connectivity index (χ1n) is 5.05. The highest BCUT2D eigenvalue weighted by Crippen LogP contribution is 2.26. The topological polar surface area (TPSA) is 75.4 Å². The van der Waals surface area contributed by atoms with Gasteiger partial charge in [0, 0.05) is 12.1 Å². The van der Waals surface area contributed by atoms with Crippen molar-refractivity contribution < 1.29 is 18.7 Å². The maximum absolute atomic E-state index is 13.5. The van der Waals surface area contributed by atoms with E-state index < -0.39 is 24.5 Å². The van der Waals surface area contributed by atoms with Crippen molar-refractivity contribution in [1.29, 1.82) is 0 Å². The van der Waals surface area contributed by atoms with Gasteiger partial charge in [-0.25, -0.2) is 0 Å². The average Bonchev–Trinajstić information content (AvgIpc) is 2.29. The summed E-state index contributed by atoms with van der Waals surface area (Å²) >= 11 is 0. The zero-order chi connectivity index (χ0) is 12.9. The van der Waals surface area contributed by atoms with E-state index in [1.807, 2.05) is 0 Å². The lowest BCUT2D eigenvalue weighted by atomic mass is 10.1. The molecular weight excluding hydrogens is 230 g/mol. The highest BCUT2D eigenvalue weighted by Gasteiger charge is 2.30. The first-order valence-corrected chi connectivity index (χ1v) is 5.05. The summed E-state index contributed by atoms with van der Waals surface area (Å²) in [6, 6.07) is 7.30. The summed E-state index contributed by atoms with van der Waals surface area (Å²) in [6.45, 7) is -0.959. The fourth-order valence-electron chi connectivity index (χ4n) is 1.25. The first kappa shape index (κ1) is 13.5. The average molecular weight is 244 g/mol. The molecule has 1 aromatic carbocycles. The van der Waals surface area contributed by atoms with Crippen molar-refractivity contribution in [1.82, 2.24) is 5.32 Å². The van der Waals surface area contributed by atoms with Gasteiger partial charge >= 0.3 is 0 Å². The van der Waals surface area contributed by atoms with Crippen LogP contribution in [-0.2, 0) is 10.7 Å². The molecule has 0 aliphatic heterocycles. The number of primary amides is 1. The van der Waals surface area contributed by atoms with E-state index in [1.54, 1.807) is 6.07 Å². The van der Waals surface area contributed by atoms with Gasteiger partial charge in [-0.1, -0.05) is 30.3 Å².